The van der Waals surface area contributed by atoms with Gasteiger partial charge in [0.2, 0.25) is 5.91 Å². The molecule has 0 saturated heterocycles. The lowest BCUT2D eigenvalue weighted by Gasteiger charge is -2.14. The lowest BCUT2D eigenvalue weighted by molar-refractivity contribution is -0.115. The van der Waals surface area contributed by atoms with E-state index in [0.717, 1.165) is 21.7 Å². The zero-order chi connectivity index (χ0) is 30.2. The Labute approximate surface area is 259 Å². The molecule has 3 N–H and O–H groups in total. The Balaban J connectivity index is 1.45. The van der Waals surface area contributed by atoms with E-state index in [1.807, 2.05) is 51.1 Å². The van der Waals surface area contributed by atoms with E-state index in [4.69, 9.17) is 23.2 Å². The van der Waals surface area contributed by atoms with Crippen LogP contribution in [0, 0.1) is 13.8 Å². The van der Waals surface area contributed by atoms with E-state index in [2.05, 4.69) is 16.0 Å². The van der Waals surface area contributed by atoms with Crippen LogP contribution in [0.25, 0.3) is 6.08 Å². The van der Waals surface area contributed by atoms with Crippen LogP contribution in [0.2, 0.25) is 10.0 Å². The Morgan fingerprint density at radius 1 is 0.786 bits per heavy atom. The molecule has 1 unspecified atom stereocenters. The molecule has 214 valence electrons. The standard InChI is InChI=1S/C33H29Cl2N3O3S/c1-20-9-12-27(17-21(20)2)37-31(39)22(3)42-28-15-13-26(14-16-28)36-33(41)30(18-24-10-11-25(34)19-29(24)35)38-32(40)23-7-5-4-6-8-23/h4-19,22H,1-3H3,(H,36,41)(H,37,39)(H,38,40)/b30-18-. The molecule has 0 radical (unpaired) electrons. The maximum Gasteiger partial charge on any atom is 0.272 e. The molecule has 4 rings (SSSR count). The first-order valence-electron chi connectivity index (χ1n) is 13.1. The fraction of sp³-hybridized carbons (Fsp3) is 0.121. The maximum atomic E-state index is 13.3. The smallest absolute Gasteiger partial charge is 0.272 e. The van der Waals surface area contributed by atoms with Crippen LogP contribution < -0.4 is 16.0 Å². The van der Waals surface area contributed by atoms with Crippen LogP contribution in [0.3, 0.4) is 0 Å². The van der Waals surface area contributed by atoms with Gasteiger partial charge in [0.15, 0.2) is 0 Å². The van der Waals surface area contributed by atoms with Crippen molar-refractivity contribution in [3.05, 3.63) is 129 Å². The molecule has 42 heavy (non-hydrogen) atoms. The number of carbonyl (C=O) groups excluding carboxylic acids is 3. The summed E-state index contributed by atoms with van der Waals surface area (Å²) < 4.78 is 0. The third-order valence-electron chi connectivity index (χ3n) is 6.36. The Kier molecular flexibility index (Phi) is 10.5. The molecule has 3 amide bonds. The van der Waals surface area contributed by atoms with E-state index >= 15 is 0 Å². The zero-order valence-corrected chi connectivity index (χ0v) is 25.5. The van der Waals surface area contributed by atoms with Gasteiger partial charge < -0.3 is 16.0 Å². The Bertz CT molecular complexity index is 1640. The predicted octanol–water partition coefficient (Wildman–Crippen LogP) is 8.14. The molecule has 0 heterocycles. The van der Waals surface area contributed by atoms with Crippen LogP contribution in [0.1, 0.15) is 34.0 Å². The second-order valence-electron chi connectivity index (χ2n) is 9.57. The van der Waals surface area contributed by atoms with Gasteiger partial charge in [-0.1, -0.05) is 53.5 Å². The SMILES string of the molecule is Cc1ccc(NC(=O)C(C)Sc2ccc(NC(=O)/C(=C/c3ccc(Cl)cc3Cl)NC(=O)c3ccccc3)cc2)cc1C. The quantitative estimate of drug-likeness (QED) is 0.131. The summed E-state index contributed by atoms with van der Waals surface area (Å²) in [5, 5.41) is 8.90. The van der Waals surface area contributed by atoms with Crippen LogP contribution in [0.4, 0.5) is 11.4 Å². The number of carbonyl (C=O) groups is 3. The molecular formula is C33H29Cl2N3O3S. The summed E-state index contributed by atoms with van der Waals surface area (Å²) in [5.74, 6) is -1.08. The fourth-order valence-corrected chi connectivity index (χ4v) is 5.18. The highest BCUT2D eigenvalue weighted by atomic mass is 35.5. The van der Waals surface area contributed by atoms with Gasteiger partial charge in [-0.05, 0) is 104 Å². The van der Waals surface area contributed by atoms with E-state index in [9.17, 15) is 14.4 Å². The molecule has 9 heteroatoms. The van der Waals surface area contributed by atoms with Crippen LogP contribution in [-0.4, -0.2) is 23.0 Å². The second kappa shape index (κ2) is 14.2. The second-order valence-corrected chi connectivity index (χ2v) is 11.8. The highest BCUT2D eigenvalue weighted by molar-refractivity contribution is 8.00. The van der Waals surface area contributed by atoms with Gasteiger partial charge in [0.05, 0.1) is 5.25 Å². The normalized spacial score (nSPS) is 11.9. The van der Waals surface area contributed by atoms with Crippen LogP contribution in [0.5, 0.6) is 0 Å². The van der Waals surface area contributed by atoms with Crippen LogP contribution in [0.15, 0.2) is 102 Å². The summed E-state index contributed by atoms with van der Waals surface area (Å²) >= 11 is 13.7. The van der Waals surface area contributed by atoms with Crippen molar-refractivity contribution in [2.45, 2.75) is 30.9 Å². The lowest BCUT2D eigenvalue weighted by Crippen LogP contribution is -2.30. The van der Waals surface area contributed by atoms with Gasteiger partial charge in [0, 0.05) is 31.9 Å². The Hall–Kier alpha value is -4.04. The van der Waals surface area contributed by atoms with E-state index in [1.54, 1.807) is 60.7 Å². The maximum absolute atomic E-state index is 13.3. The number of anilines is 2. The summed E-state index contributed by atoms with van der Waals surface area (Å²) in [5.41, 5.74) is 4.46. The summed E-state index contributed by atoms with van der Waals surface area (Å²) in [6.07, 6.45) is 1.49. The molecule has 0 aliphatic heterocycles. The number of thioether (sulfide) groups is 1. The fourth-order valence-electron chi connectivity index (χ4n) is 3.85. The van der Waals surface area contributed by atoms with Gasteiger partial charge in [-0.2, -0.15) is 0 Å². The molecule has 4 aromatic rings. The first-order chi connectivity index (χ1) is 20.1. The van der Waals surface area contributed by atoms with E-state index < -0.39 is 11.8 Å². The third-order valence-corrected chi connectivity index (χ3v) is 8.03. The highest BCUT2D eigenvalue weighted by Crippen LogP contribution is 2.27. The summed E-state index contributed by atoms with van der Waals surface area (Å²) in [4.78, 5) is 39.8. The van der Waals surface area contributed by atoms with Crippen LogP contribution >= 0.6 is 35.0 Å². The first kappa shape index (κ1) is 30.9. The topological polar surface area (TPSA) is 87.3 Å². The van der Waals surface area contributed by atoms with Crippen molar-refractivity contribution in [3.8, 4) is 0 Å². The monoisotopic (exact) mass is 617 g/mol. The molecule has 1 atom stereocenters. The van der Waals surface area contributed by atoms with Crippen molar-refractivity contribution < 1.29 is 14.4 Å². The van der Waals surface area contributed by atoms with Crippen molar-refractivity contribution in [1.82, 2.24) is 5.32 Å². The van der Waals surface area contributed by atoms with Crippen molar-refractivity contribution in [2.24, 2.45) is 0 Å². The zero-order valence-electron chi connectivity index (χ0n) is 23.2. The minimum Gasteiger partial charge on any atom is -0.325 e. The number of rotatable bonds is 9. The largest absolute Gasteiger partial charge is 0.325 e. The average molecular weight is 619 g/mol. The van der Waals surface area contributed by atoms with Gasteiger partial charge >= 0.3 is 0 Å². The van der Waals surface area contributed by atoms with E-state index in [1.165, 1.54) is 17.8 Å². The molecule has 4 aromatic carbocycles. The summed E-state index contributed by atoms with van der Waals surface area (Å²) in [6, 6.07) is 26.4. The molecule has 0 aliphatic carbocycles. The van der Waals surface area contributed by atoms with Gasteiger partial charge in [-0.3, -0.25) is 14.4 Å². The molecule has 0 saturated carbocycles. The minimum absolute atomic E-state index is 0.00293. The van der Waals surface area contributed by atoms with Crippen molar-refractivity contribution >= 4 is 70.1 Å². The third kappa shape index (κ3) is 8.49. The first-order valence-corrected chi connectivity index (χ1v) is 14.7. The molecule has 0 aliphatic rings. The van der Waals surface area contributed by atoms with Crippen LogP contribution in [-0.2, 0) is 9.59 Å². The Morgan fingerprint density at radius 3 is 2.14 bits per heavy atom. The molecule has 0 bridgehead atoms. The predicted molar refractivity (Wildman–Crippen MR) is 173 cm³/mol. The number of hydrogen-bond acceptors (Lipinski definition) is 4. The number of benzene rings is 4. The van der Waals surface area contributed by atoms with Crippen molar-refractivity contribution in [1.29, 1.82) is 0 Å². The number of amides is 3. The Morgan fingerprint density at radius 2 is 1.48 bits per heavy atom. The number of nitrogens with one attached hydrogen (secondary N) is 3. The van der Waals surface area contributed by atoms with E-state index in [0.29, 0.717) is 26.9 Å². The van der Waals surface area contributed by atoms with Gasteiger partial charge in [0.1, 0.15) is 5.70 Å². The summed E-state index contributed by atoms with van der Waals surface area (Å²) in [7, 11) is 0. The van der Waals surface area contributed by atoms with Gasteiger partial charge in [-0.15, -0.1) is 11.8 Å². The number of aryl methyl sites for hydroxylation is 2. The molecule has 0 aromatic heterocycles. The van der Waals surface area contributed by atoms with Gasteiger partial charge in [0.25, 0.3) is 11.8 Å². The molecule has 6 nitrogen and oxygen atoms in total. The van der Waals surface area contributed by atoms with Crippen molar-refractivity contribution in [2.75, 3.05) is 10.6 Å². The average Bonchev–Trinajstić information content (AvgIpc) is 2.97. The van der Waals surface area contributed by atoms with E-state index in [-0.39, 0.29) is 16.9 Å². The molecule has 0 fully saturated rings. The van der Waals surface area contributed by atoms with Gasteiger partial charge in [-0.25, -0.2) is 0 Å². The van der Waals surface area contributed by atoms with Crippen molar-refractivity contribution in [3.63, 3.8) is 0 Å². The lowest BCUT2D eigenvalue weighted by atomic mass is 10.1. The molecule has 0 spiro atoms. The number of hydrogen-bond donors (Lipinski definition) is 3. The molecular weight excluding hydrogens is 589 g/mol. The highest BCUT2D eigenvalue weighted by Gasteiger charge is 2.17. The minimum atomic E-state index is -0.535. The summed E-state index contributed by atoms with van der Waals surface area (Å²) in [6.45, 7) is 5.87. The number of halogens is 2.